The van der Waals surface area contributed by atoms with Crippen molar-refractivity contribution < 1.29 is 8.42 Å². The van der Waals surface area contributed by atoms with Gasteiger partial charge in [0.15, 0.2) is 5.96 Å². The van der Waals surface area contributed by atoms with Crippen molar-refractivity contribution in [3.8, 4) is 0 Å². The first-order valence-electron chi connectivity index (χ1n) is 6.85. The van der Waals surface area contributed by atoms with Crippen molar-refractivity contribution in [2.24, 2.45) is 16.6 Å². The summed E-state index contributed by atoms with van der Waals surface area (Å²) in [4.78, 5) is 6.21. The summed E-state index contributed by atoms with van der Waals surface area (Å²) in [5.41, 5.74) is 5.90. The lowest BCUT2D eigenvalue weighted by atomic mass is 10.0. The molecule has 0 aromatic heterocycles. The third kappa shape index (κ3) is 7.63. The van der Waals surface area contributed by atoms with Crippen LogP contribution in [-0.2, 0) is 10.0 Å². The van der Waals surface area contributed by atoms with Crippen LogP contribution in [0.15, 0.2) is 4.99 Å². The Morgan fingerprint density at radius 3 is 2.70 bits per heavy atom. The average molecular weight is 418 g/mol. The molecule has 1 saturated heterocycles. The van der Waals surface area contributed by atoms with E-state index in [1.54, 1.807) is 13.8 Å². The molecule has 8 heteroatoms. The van der Waals surface area contributed by atoms with Crippen LogP contribution in [0.2, 0.25) is 0 Å². The maximum Gasteiger partial charge on any atom is 0.213 e. The molecular weight excluding hydrogens is 391 g/mol. The van der Waals surface area contributed by atoms with Crippen molar-refractivity contribution in [2.45, 2.75) is 39.7 Å². The first kappa shape index (κ1) is 19.9. The fraction of sp³-hybridized carbons (Fsp3) is 0.917. The van der Waals surface area contributed by atoms with Gasteiger partial charge in [-0.25, -0.2) is 13.1 Å². The zero-order valence-electron chi connectivity index (χ0n) is 12.5. The van der Waals surface area contributed by atoms with E-state index in [1.165, 1.54) is 6.42 Å². The molecule has 0 amide bonds. The van der Waals surface area contributed by atoms with Crippen molar-refractivity contribution >= 4 is 40.0 Å². The van der Waals surface area contributed by atoms with Gasteiger partial charge in [-0.05, 0) is 32.6 Å². The average Bonchev–Trinajstić information content (AvgIpc) is 2.26. The molecule has 1 atom stereocenters. The van der Waals surface area contributed by atoms with E-state index in [0.717, 1.165) is 19.5 Å². The Morgan fingerprint density at radius 1 is 1.50 bits per heavy atom. The van der Waals surface area contributed by atoms with Crippen LogP contribution in [0.25, 0.3) is 0 Å². The van der Waals surface area contributed by atoms with Crippen molar-refractivity contribution in [3.05, 3.63) is 0 Å². The smallest absolute Gasteiger partial charge is 0.213 e. The number of likely N-dealkylation sites (tertiary alicyclic amines) is 1. The molecule has 0 saturated carbocycles. The largest absolute Gasteiger partial charge is 0.370 e. The molecule has 1 unspecified atom stereocenters. The van der Waals surface area contributed by atoms with E-state index in [4.69, 9.17) is 5.73 Å². The van der Waals surface area contributed by atoms with E-state index in [-0.39, 0.29) is 42.3 Å². The Hall–Kier alpha value is -0.0900. The van der Waals surface area contributed by atoms with Crippen LogP contribution < -0.4 is 10.5 Å². The second-order valence-electron chi connectivity index (χ2n) is 5.52. The molecule has 20 heavy (non-hydrogen) atoms. The molecule has 0 aliphatic carbocycles. The summed E-state index contributed by atoms with van der Waals surface area (Å²) in [7, 11) is -3.25. The predicted molar refractivity (Wildman–Crippen MR) is 93.9 cm³/mol. The monoisotopic (exact) mass is 418 g/mol. The Kier molecular flexibility index (Phi) is 8.99. The normalized spacial score (nSPS) is 20.9. The third-order valence-corrected chi connectivity index (χ3v) is 4.58. The molecule has 3 N–H and O–H groups in total. The lowest BCUT2D eigenvalue weighted by molar-refractivity contribution is 0.270. The Morgan fingerprint density at radius 2 is 2.15 bits per heavy atom. The number of sulfonamides is 1. The Bertz CT molecular complexity index is 412. The molecule has 0 aromatic carbocycles. The van der Waals surface area contributed by atoms with E-state index in [9.17, 15) is 8.42 Å². The molecule has 0 bridgehead atoms. The third-order valence-electron chi connectivity index (χ3n) is 3.03. The second-order valence-corrected chi connectivity index (χ2v) is 7.40. The fourth-order valence-electron chi connectivity index (χ4n) is 2.20. The molecule has 6 nitrogen and oxygen atoms in total. The van der Waals surface area contributed by atoms with Gasteiger partial charge in [-0.1, -0.05) is 6.92 Å². The highest BCUT2D eigenvalue weighted by Gasteiger charge is 2.18. The Labute approximate surface area is 139 Å². The van der Waals surface area contributed by atoms with Crippen LogP contribution >= 0.6 is 24.0 Å². The van der Waals surface area contributed by atoms with Crippen molar-refractivity contribution in [1.82, 2.24) is 9.62 Å². The van der Waals surface area contributed by atoms with Crippen molar-refractivity contribution in [1.29, 1.82) is 0 Å². The van der Waals surface area contributed by atoms with E-state index < -0.39 is 10.0 Å². The number of piperidine rings is 1. The summed E-state index contributed by atoms with van der Waals surface area (Å²) in [5.74, 6) is 1.06. The van der Waals surface area contributed by atoms with Gasteiger partial charge in [0, 0.05) is 19.1 Å². The SMILES string of the molecule is CC1CCCN(C(N)=NCCS(=O)(=O)NC(C)C)C1.I. The number of halogens is 1. The predicted octanol–water partition coefficient (Wildman–Crippen LogP) is 0.979. The number of guanidine groups is 1. The lowest BCUT2D eigenvalue weighted by Gasteiger charge is -2.31. The minimum Gasteiger partial charge on any atom is -0.370 e. The van der Waals surface area contributed by atoms with E-state index >= 15 is 0 Å². The molecule has 1 rings (SSSR count). The van der Waals surface area contributed by atoms with Gasteiger partial charge in [0.2, 0.25) is 10.0 Å². The van der Waals surface area contributed by atoms with Gasteiger partial charge in [-0.15, -0.1) is 24.0 Å². The van der Waals surface area contributed by atoms with E-state index in [2.05, 4.69) is 16.6 Å². The maximum atomic E-state index is 11.6. The van der Waals surface area contributed by atoms with Gasteiger partial charge < -0.3 is 10.6 Å². The van der Waals surface area contributed by atoms with Gasteiger partial charge in [0.1, 0.15) is 0 Å². The van der Waals surface area contributed by atoms with Gasteiger partial charge in [-0.2, -0.15) is 0 Å². The second kappa shape index (κ2) is 9.04. The van der Waals surface area contributed by atoms with Crippen LogP contribution in [0.1, 0.15) is 33.6 Å². The minimum absolute atomic E-state index is 0. The number of aliphatic imine (C=N–C) groups is 1. The maximum absolute atomic E-state index is 11.6. The molecule has 120 valence electrons. The lowest BCUT2D eigenvalue weighted by Crippen LogP contribution is -2.43. The first-order valence-corrected chi connectivity index (χ1v) is 8.50. The van der Waals surface area contributed by atoms with Crippen LogP contribution in [0.4, 0.5) is 0 Å². The molecule has 1 heterocycles. The van der Waals surface area contributed by atoms with Crippen LogP contribution in [0, 0.1) is 5.92 Å². The summed E-state index contributed by atoms with van der Waals surface area (Å²) in [6, 6.07) is -0.0886. The molecular formula is C12H27IN4O2S. The molecule has 1 aliphatic rings. The van der Waals surface area contributed by atoms with E-state index in [1.807, 2.05) is 4.90 Å². The quantitative estimate of drug-likeness (QED) is 0.396. The molecule has 1 aliphatic heterocycles. The number of nitrogens with zero attached hydrogens (tertiary/aromatic N) is 2. The zero-order valence-corrected chi connectivity index (χ0v) is 15.6. The van der Waals surface area contributed by atoms with Crippen LogP contribution in [0.5, 0.6) is 0 Å². The number of nitrogens with one attached hydrogen (secondary N) is 1. The summed E-state index contributed by atoms with van der Waals surface area (Å²) in [5, 5.41) is 0. The van der Waals surface area contributed by atoms with Gasteiger partial charge in [0.05, 0.1) is 12.3 Å². The summed E-state index contributed by atoms with van der Waals surface area (Å²) < 4.78 is 25.8. The molecule has 1 fully saturated rings. The summed E-state index contributed by atoms with van der Waals surface area (Å²) >= 11 is 0. The molecule has 0 radical (unpaired) electrons. The highest BCUT2D eigenvalue weighted by molar-refractivity contribution is 14.0. The number of nitrogens with two attached hydrogens (primary N) is 1. The topological polar surface area (TPSA) is 87.8 Å². The fourth-order valence-corrected chi connectivity index (χ4v) is 3.36. The number of rotatable bonds is 5. The van der Waals surface area contributed by atoms with E-state index in [0.29, 0.717) is 11.9 Å². The minimum atomic E-state index is -3.25. The van der Waals surface area contributed by atoms with Crippen LogP contribution in [-0.4, -0.2) is 50.7 Å². The first-order chi connectivity index (χ1) is 8.80. The Balaban J connectivity index is 0.00000361. The molecule has 0 aromatic rings. The van der Waals surface area contributed by atoms with Gasteiger partial charge in [0.25, 0.3) is 0 Å². The highest BCUT2D eigenvalue weighted by Crippen LogP contribution is 2.14. The standard InChI is InChI=1S/C12H26N4O2S.HI/c1-10(2)15-19(17,18)8-6-14-12(13)16-7-4-5-11(3)9-16;/h10-11,15H,4-9H2,1-3H3,(H2,13,14);1H. The number of hydrogen-bond donors (Lipinski definition) is 2. The summed E-state index contributed by atoms with van der Waals surface area (Å²) in [6.07, 6.45) is 2.33. The van der Waals surface area contributed by atoms with Crippen LogP contribution in [0.3, 0.4) is 0 Å². The molecule has 0 spiro atoms. The van der Waals surface area contributed by atoms with Crippen molar-refractivity contribution in [2.75, 3.05) is 25.4 Å². The highest BCUT2D eigenvalue weighted by atomic mass is 127. The van der Waals surface area contributed by atoms with Gasteiger partial charge >= 0.3 is 0 Å². The summed E-state index contributed by atoms with van der Waals surface area (Å²) in [6.45, 7) is 7.81. The number of hydrogen-bond acceptors (Lipinski definition) is 3. The van der Waals surface area contributed by atoms with Gasteiger partial charge in [-0.3, -0.25) is 4.99 Å². The zero-order chi connectivity index (χ0) is 14.5. The van der Waals surface area contributed by atoms with Crippen molar-refractivity contribution in [3.63, 3.8) is 0 Å².